The van der Waals surface area contributed by atoms with Gasteiger partial charge in [0.2, 0.25) is 0 Å². The molecule has 1 aliphatic heterocycles. The van der Waals surface area contributed by atoms with Crippen molar-refractivity contribution in [3.63, 3.8) is 0 Å². The van der Waals surface area contributed by atoms with Gasteiger partial charge >= 0.3 is 5.97 Å². The Hall–Kier alpha value is -4.11. The van der Waals surface area contributed by atoms with Crippen LogP contribution in [0.4, 0.5) is 5.69 Å². The fraction of sp³-hybridized carbons (Fsp3) is 0.125. The molecule has 148 valence electrons. The van der Waals surface area contributed by atoms with Crippen molar-refractivity contribution in [2.24, 2.45) is 0 Å². The summed E-state index contributed by atoms with van der Waals surface area (Å²) in [7, 11) is 0. The average molecular weight is 398 g/mol. The molecule has 3 aromatic carbocycles. The highest BCUT2D eigenvalue weighted by Gasteiger charge is 2.27. The largest absolute Gasteiger partial charge is 0.482 e. The summed E-state index contributed by atoms with van der Waals surface area (Å²) in [6, 6.07) is 24.1. The summed E-state index contributed by atoms with van der Waals surface area (Å²) in [6.45, 7) is -0.179. The molecule has 1 amide bonds. The van der Waals surface area contributed by atoms with Crippen LogP contribution in [0.3, 0.4) is 0 Å². The summed E-state index contributed by atoms with van der Waals surface area (Å²) >= 11 is 0. The van der Waals surface area contributed by atoms with Crippen LogP contribution in [0.15, 0.2) is 72.8 Å². The normalized spacial score (nSPS) is 12.5. The van der Waals surface area contributed by atoms with E-state index in [1.807, 2.05) is 48.5 Å². The second-order valence-electron chi connectivity index (χ2n) is 6.75. The van der Waals surface area contributed by atoms with Gasteiger partial charge in [-0.25, -0.2) is 0 Å². The zero-order valence-corrected chi connectivity index (χ0v) is 16.1. The quantitative estimate of drug-likeness (QED) is 0.613. The van der Waals surface area contributed by atoms with E-state index >= 15 is 0 Å². The minimum absolute atomic E-state index is 0.0964. The summed E-state index contributed by atoms with van der Waals surface area (Å²) in [4.78, 5) is 25.9. The van der Waals surface area contributed by atoms with Crippen molar-refractivity contribution in [1.29, 1.82) is 5.26 Å². The van der Waals surface area contributed by atoms with E-state index in [4.69, 9.17) is 9.47 Å². The highest BCUT2D eigenvalue weighted by Crippen LogP contribution is 2.31. The van der Waals surface area contributed by atoms with Crippen molar-refractivity contribution in [1.82, 2.24) is 0 Å². The Morgan fingerprint density at radius 1 is 1.03 bits per heavy atom. The Morgan fingerprint density at radius 3 is 2.57 bits per heavy atom. The van der Waals surface area contributed by atoms with Crippen LogP contribution in [0.5, 0.6) is 5.75 Å². The number of carbonyl (C=O) groups excluding carboxylic acids is 2. The van der Waals surface area contributed by atoms with Crippen molar-refractivity contribution < 1.29 is 19.1 Å². The van der Waals surface area contributed by atoms with Crippen LogP contribution in [0.25, 0.3) is 11.1 Å². The number of benzene rings is 3. The number of carbonyl (C=O) groups is 2. The van der Waals surface area contributed by atoms with Crippen molar-refractivity contribution in [3.8, 4) is 22.9 Å². The van der Waals surface area contributed by atoms with Crippen LogP contribution in [-0.4, -0.2) is 25.0 Å². The summed E-state index contributed by atoms with van der Waals surface area (Å²) < 4.78 is 10.7. The number of nitrogens with zero attached hydrogens (tertiary/aromatic N) is 2. The van der Waals surface area contributed by atoms with E-state index in [2.05, 4.69) is 6.07 Å². The lowest BCUT2D eigenvalue weighted by molar-refractivity contribution is -0.144. The predicted octanol–water partition coefficient (Wildman–Crippen LogP) is 3.69. The molecule has 0 unspecified atom stereocenters. The van der Waals surface area contributed by atoms with Gasteiger partial charge in [-0.05, 0) is 34.9 Å². The van der Waals surface area contributed by atoms with Gasteiger partial charge in [0.25, 0.3) is 5.91 Å². The maximum Gasteiger partial charge on any atom is 0.326 e. The first kappa shape index (κ1) is 19.2. The van der Waals surface area contributed by atoms with Gasteiger partial charge in [-0.3, -0.25) is 14.5 Å². The molecule has 1 aliphatic rings. The SMILES string of the molecule is N#Cc1ccccc1-c1ccc(COC(=O)CN2C(=O)COc3ccccc32)cc1. The van der Waals surface area contributed by atoms with Gasteiger partial charge in [-0.2, -0.15) is 5.26 Å². The van der Waals surface area contributed by atoms with Crippen LogP contribution in [0, 0.1) is 11.3 Å². The van der Waals surface area contributed by atoms with E-state index in [0.717, 1.165) is 16.7 Å². The second-order valence-corrected chi connectivity index (χ2v) is 6.75. The number of hydrogen-bond donors (Lipinski definition) is 0. The number of esters is 1. The number of anilines is 1. The van der Waals surface area contributed by atoms with Gasteiger partial charge in [0.15, 0.2) is 6.61 Å². The molecule has 0 saturated heterocycles. The molecule has 6 heteroatoms. The second kappa shape index (κ2) is 8.50. The number of para-hydroxylation sites is 2. The standard InChI is InChI=1S/C24H18N2O4/c25-13-19-5-1-2-6-20(19)18-11-9-17(10-12-18)15-30-24(28)14-26-21-7-3-4-8-22(21)29-16-23(26)27/h1-12H,14-16H2. The average Bonchev–Trinajstić information content (AvgIpc) is 2.80. The maximum absolute atomic E-state index is 12.3. The first-order valence-corrected chi connectivity index (χ1v) is 9.42. The number of fused-ring (bicyclic) bond motifs is 1. The van der Waals surface area contributed by atoms with Gasteiger partial charge in [-0.1, -0.05) is 54.6 Å². The van der Waals surface area contributed by atoms with Gasteiger partial charge in [0, 0.05) is 0 Å². The lowest BCUT2D eigenvalue weighted by atomic mass is 9.99. The zero-order chi connectivity index (χ0) is 20.9. The van der Waals surface area contributed by atoms with Gasteiger partial charge in [0.05, 0.1) is 17.3 Å². The van der Waals surface area contributed by atoms with Crippen molar-refractivity contribution in [2.75, 3.05) is 18.1 Å². The molecule has 0 spiro atoms. The first-order valence-electron chi connectivity index (χ1n) is 9.42. The summed E-state index contributed by atoms with van der Waals surface area (Å²) in [5, 5.41) is 9.25. The summed E-state index contributed by atoms with van der Waals surface area (Å²) in [5.74, 6) is -0.219. The Balaban J connectivity index is 1.39. The highest BCUT2D eigenvalue weighted by molar-refractivity contribution is 6.01. The molecule has 0 N–H and O–H groups in total. The van der Waals surface area contributed by atoms with Crippen LogP contribution in [-0.2, 0) is 20.9 Å². The zero-order valence-electron chi connectivity index (χ0n) is 16.1. The van der Waals surface area contributed by atoms with Crippen molar-refractivity contribution in [3.05, 3.63) is 83.9 Å². The minimum atomic E-state index is -0.501. The monoisotopic (exact) mass is 398 g/mol. The predicted molar refractivity (Wildman–Crippen MR) is 111 cm³/mol. The molecular weight excluding hydrogens is 380 g/mol. The molecule has 0 fully saturated rings. The molecule has 0 bridgehead atoms. The van der Waals surface area contributed by atoms with Gasteiger partial charge in [-0.15, -0.1) is 0 Å². The topological polar surface area (TPSA) is 79.6 Å². The summed E-state index contributed by atoms with van der Waals surface area (Å²) in [6.07, 6.45) is 0. The fourth-order valence-electron chi connectivity index (χ4n) is 3.28. The smallest absolute Gasteiger partial charge is 0.326 e. The molecule has 0 saturated carbocycles. The maximum atomic E-state index is 12.3. The molecule has 30 heavy (non-hydrogen) atoms. The lowest BCUT2D eigenvalue weighted by Gasteiger charge is -2.28. The molecule has 0 atom stereocenters. The first-order chi connectivity index (χ1) is 14.7. The Morgan fingerprint density at radius 2 is 1.77 bits per heavy atom. The van der Waals surface area contributed by atoms with E-state index in [0.29, 0.717) is 17.0 Å². The Bertz CT molecular complexity index is 1130. The van der Waals surface area contributed by atoms with E-state index in [-0.39, 0.29) is 25.7 Å². The van der Waals surface area contributed by atoms with E-state index < -0.39 is 5.97 Å². The number of amides is 1. The van der Waals surface area contributed by atoms with Gasteiger partial charge < -0.3 is 9.47 Å². The third-order valence-corrected chi connectivity index (χ3v) is 4.81. The van der Waals surface area contributed by atoms with Crippen molar-refractivity contribution in [2.45, 2.75) is 6.61 Å². The van der Waals surface area contributed by atoms with Crippen LogP contribution >= 0.6 is 0 Å². The van der Waals surface area contributed by atoms with E-state index in [1.165, 1.54) is 4.90 Å². The molecule has 6 nitrogen and oxygen atoms in total. The minimum Gasteiger partial charge on any atom is -0.482 e. The summed E-state index contributed by atoms with van der Waals surface area (Å²) in [5.41, 5.74) is 3.75. The number of nitriles is 1. The Kier molecular flexibility index (Phi) is 5.44. The highest BCUT2D eigenvalue weighted by atomic mass is 16.5. The molecule has 0 aliphatic carbocycles. The Labute approximate surface area is 173 Å². The molecule has 1 heterocycles. The third-order valence-electron chi connectivity index (χ3n) is 4.81. The number of rotatable bonds is 5. The van der Waals surface area contributed by atoms with Crippen LogP contribution in [0.1, 0.15) is 11.1 Å². The number of hydrogen-bond acceptors (Lipinski definition) is 5. The third kappa shape index (κ3) is 4.01. The molecule has 0 radical (unpaired) electrons. The van der Waals surface area contributed by atoms with Crippen LogP contribution < -0.4 is 9.64 Å². The lowest BCUT2D eigenvalue weighted by Crippen LogP contribution is -2.42. The molecular formula is C24H18N2O4. The molecule has 4 rings (SSSR count). The molecule has 3 aromatic rings. The van der Waals surface area contributed by atoms with E-state index in [9.17, 15) is 14.9 Å². The van der Waals surface area contributed by atoms with Crippen LogP contribution in [0.2, 0.25) is 0 Å². The molecule has 0 aromatic heterocycles. The fourth-order valence-corrected chi connectivity index (χ4v) is 3.28. The van der Waals surface area contributed by atoms with Gasteiger partial charge in [0.1, 0.15) is 18.9 Å². The van der Waals surface area contributed by atoms with Crippen molar-refractivity contribution >= 4 is 17.6 Å². The van der Waals surface area contributed by atoms with E-state index in [1.54, 1.807) is 24.3 Å². The number of ether oxygens (including phenoxy) is 2.